The minimum absolute atomic E-state index is 0.317. The fourth-order valence-corrected chi connectivity index (χ4v) is 2.90. The van der Waals surface area contributed by atoms with Gasteiger partial charge >= 0.3 is 0 Å². The third kappa shape index (κ3) is 3.14. The summed E-state index contributed by atoms with van der Waals surface area (Å²) in [6, 6.07) is 3.44. The molecule has 25 heavy (non-hydrogen) atoms. The van der Waals surface area contributed by atoms with Crippen LogP contribution in [0.4, 0.5) is 14.6 Å². The van der Waals surface area contributed by atoms with Crippen molar-refractivity contribution < 1.29 is 8.78 Å². The van der Waals surface area contributed by atoms with E-state index in [1.54, 1.807) is 12.1 Å². The van der Waals surface area contributed by atoms with Gasteiger partial charge in [-0.25, -0.2) is 13.8 Å². The highest BCUT2D eigenvalue weighted by molar-refractivity contribution is 5.46. The minimum atomic E-state index is -2.71. The Morgan fingerprint density at radius 1 is 1.16 bits per heavy atom. The predicted molar refractivity (Wildman–Crippen MR) is 84.3 cm³/mol. The lowest BCUT2D eigenvalue weighted by Gasteiger charge is -2.34. The fourth-order valence-electron chi connectivity index (χ4n) is 2.90. The van der Waals surface area contributed by atoms with E-state index >= 15 is 0 Å². The summed E-state index contributed by atoms with van der Waals surface area (Å²) >= 11 is 0. The van der Waals surface area contributed by atoms with E-state index in [4.69, 9.17) is 0 Å². The van der Waals surface area contributed by atoms with Gasteiger partial charge < -0.3 is 4.90 Å². The van der Waals surface area contributed by atoms with Crippen LogP contribution < -0.4 is 4.90 Å². The average Bonchev–Trinajstić information content (AvgIpc) is 3.21. The van der Waals surface area contributed by atoms with Gasteiger partial charge in [0.25, 0.3) is 6.43 Å². The molecule has 3 aromatic heterocycles. The van der Waals surface area contributed by atoms with Crippen LogP contribution in [-0.2, 0) is 6.54 Å². The summed E-state index contributed by atoms with van der Waals surface area (Å²) in [6.45, 7) is 5.68. The molecule has 3 aromatic rings. The Hall–Kier alpha value is -2.69. The number of aryl methyl sites for hydroxylation is 1. The summed E-state index contributed by atoms with van der Waals surface area (Å²) in [5.74, 6) is 1.78. The molecule has 132 valence electrons. The molecule has 0 bridgehead atoms. The zero-order valence-corrected chi connectivity index (χ0v) is 13.6. The molecular formula is C14H17F2N9. The standard InChI is InChI=1S/C14H17F2N9/c1-9-17-10(19-18-9)8-23-4-6-24(7-5-23)12-3-2-11-20-21-14(13(15)16)25(11)22-12/h2-3,13H,4-8H2,1H3,(H,17,18,19). The second kappa shape index (κ2) is 6.31. The summed E-state index contributed by atoms with van der Waals surface area (Å²) in [4.78, 5) is 8.63. The maximum atomic E-state index is 13.0. The SMILES string of the molecule is Cc1nc(CN2CCN(c3ccc4nnc(C(F)F)n4n3)CC2)n[nH]1. The number of hydrogen-bond acceptors (Lipinski definition) is 7. The lowest BCUT2D eigenvalue weighted by molar-refractivity contribution is 0.137. The van der Waals surface area contributed by atoms with Gasteiger partial charge in [-0.3, -0.25) is 10.00 Å². The van der Waals surface area contributed by atoms with Gasteiger partial charge in [0, 0.05) is 26.2 Å². The van der Waals surface area contributed by atoms with Crippen molar-refractivity contribution in [2.75, 3.05) is 31.1 Å². The molecule has 0 amide bonds. The van der Waals surface area contributed by atoms with Gasteiger partial charge in [0.05, 0.1) is 6.54 Å². The van der Waals surface area contributed by atoms with Crippen molar-refractivity contribution in [3.63, 3.8) is 0 Å². The van der Waals surface area contributed by atoms with Crippen LogP contribution in [0.2, 0.25) is 0 Å². The number of hydrogen-bond donors (Lipinski definition) is 1. The summed E-state index contributed by atoms with van der Waals surface area (Å²) in [5.41, 5.74) is 0.317. The Labute approximate surface area is 141 Å². The Morgan fingerprint density at radius 2 is 1.96 bits per heavy atom. The van der Waals surface area contributed by atoms with E-state index < -0.39 is 12.2 Å². The highest BCUT2D eigenvalue weighted by Crippen LogP contribution is 2.19. The van der Waals surface area contributed by atoms with Crippen molar-refractivity contribution in [2.45, 2.75) is 19.9 Å². The van der Waals surface area contributed by atoms with E-state index in [-0.39, 0.29) is 0 Å². The van der Waals surface area contributed by atoms with Crippen molar-refractivity contribution in [3.8, 4) is 0 Å². The quantitative estimate of drug-likeness (QED) is 0.745. The predicted octanol–water partition coefficient (Wildman–Crippen LogP) is 0.811. The second-order valence-electron chi connectivity index (χ2n) is 5.92. The highest BCUT2D eigenvalue weighted by atomic mass is 19.3. The third-order valence-electron chi connectivity index (χ3n) is 4.17. The summed E-state index contributed by atoms with van der Waals surface area (Å²) < 4.78 is 27.0. The maximum absolute atomic E-state index is 13.0. The van der Waals surface area contributed by atoms with E-state index in [0.717, 1.165) is 42.3 Å². The lowest BCUT2D eigenvalue weighted by Crippen LogP contribution is -2.46. The molecule has 4 rings (SSSR count). The van der Waals surface area contributed by atoms with E-state index in [2.05, 4.69) is 40.3 Å². The lowest BCUT2D eigenvalue weighted by atomic mass is 10.3. The molecule has 1 aliphatic heterocycles. The van der Waals surface area contributed by atoms with E-state index in [0.29, 0.717) is 18.0 Å². The Bertz CT molecular complexity index is 866. The number of alkyl halides is 2. The third-order valence-corrected chi connectivity index (χ3v) is 4.17. The molecule has 9 nitrogen and oxygen atoms in total. The molecule has 0 unspecified atom stereocenters. The fraction of sp³-hybridized carbons (Fsp3) is 0.500. The molecule has 1 saturated heterocycles. The summed E-state index contributed by atoms with van der Waals surface area (Å²) in [7, 11) is 0. The first-order valence-electron chi connectivity index (χ1n) is 7.96. The zero-order chi connectivity index (χ0) is 17.4. The molecule has 11 heteroatoms. The van der Waals surface area contributed by atoms with Gasteiger partial charge in [-0.05, 0) is 19.1 Å². The molecule has 4 heterocycles. The molecule has 0 spiro atoms. The number of nitrogens with zero attached hydrogens (tertiary/aromatic N) is 8. The minimum Gasteiger partial charge on any atom is -0.353 e. The number of H-pyrrole nitrogens is 1. The van der Waals surface area contributed by atoms with E-state index in [1.165, 1.54) is 0 Å². The van der Waals surface area contributed by atoms with Gasteiger partial charge in [0.15, 0.2) is 11.5 Å². The molecule has 1 aliphatic rings. The Kier molecular flexibility index (Phi) is 3.99. The van der Waals surface area contributed by atoms with Crippen LogP contribution in [0.25, 0.3) is 5.65 Å². The van der Waals surface area contributed by atoms with Crippen LogP contribution in [0, 0.1) is 6.92 Å². The van der Waals surface area contributed by atoms with Gasteiger partial charge in [-0.1, -0.05) is 0 Å². The number of aromatic amines is 1. The van der Waals surface area contributed by atoms with Crippen LogP contribution in [0.1, 0.15) is 23.9 Å². The number of nitrogens with one attached hydrogen (secondary N) is 1. The number of fused-ring (bicyclic) bond motifs is 1. The Balaban J connectivity index is 1.45. The number of rotatable bonds is 4. The molecule has 0 aromatic carbocycles. The van der Waals surface area contributed by atoms with Gasteiger partial charge in [0.1, 0.15) is 11.6 Å². The van der Waals surface area contributed by atoms with Crippen LogP contribution in [0.3, 0.4) is 0 Å². The van der Waals surface area contributed by atoms with Crippen molar-refractivity contribution >= 4 is 11.5 Å². The molecule has 1 N–H and O–H groups in total. The van der Waals surface area contributed by atoms with E-state index in [1.807, 2.05) is 6.92 Å². The van der Waals surface area contributed by atoms with Gasteiger partial charge in [0.2, 0.25) is 5.82 Å². The smallest absolute Gasteiger partial charge is 0.299 e. The maximum Gasteiger partial charge on any atom is 0.299 e. The van der Waals surface area contributed by atoms with Gasteiger partial charge in [-0.2, -0.15) is 9.61 Å². The van der Waals surface area contributed by atoms with Crippen LogP contribution in [-0.4, -0.2) is 66.1 Å². The molecule has 0 atom stereocenters. The normalized spacial score (nSPS) is 16.2. The molecule has 0 aliphatic carbocycles. The number of anilines is 1. The average molecular weight is 349 g/mol. The van der Waals surface area contributed by atoms with Crippen molar-refractivity contribution in [2.24, 2.45) is 0 Å². The van der Waals surface area contributed by atoms with E-state index in [9.17, 15) is 8.78 Å². The summed E-state index contributed by atoms with van der Waals surface area (Å²) in [5, 5.41) is 18.5. The zero-order valence-electron chi connectivity index (χ0n) is 13.6. The van der Waals surface area contributed by atoms with Crippen LogP contribution in [0.15, 0.2) is 12.1 Å². The first-order chi connectivity index (χ1) is 12.1. The largest absolute Gasteiger partial charge is 0.353 e. The number of halogens is 2. The first-order valence-corrected chi connectivity index (χ1v) is 7.96. The number of aromatic nitrogens is 7. The Morgan fingerprint density at radius 3 is 2.64 bits per heavy atom. The van der Waals surface area contributed by atoms with Crippen molar-refractivity contribution in [1.82, 2.24) is 39.9 Å². The van der Waals surface area contributed by atoms with Crippen LogP contribution >= 0.6 is 0 Å². The summed E-state index contributed by atoms with van der Waals surface area (Å²) in [6.07, 6.45) is -2.71. The monoisotopic (exact) mass is 349 g/mol. The second-order valence-corrected chi connectivity index (χ2v) is 5.92. The molecular weight excluding hydrogens is 332 g/mol. The van der Waals surface area contributed by atoms with Gasteiger partial charge in [-0.15, -0.1) is 15.3 Å². The first kappa shape index (κ1) is 15.8. The molecule has 1 fully saturated rings. The highest BCUT2D eigenvalue weighted by Gasteiger charge is 2.22. The van der Waals surface area contributed by atoms with Crippen LogP contribution in [0.5, 0.6) is 0 Å². The van der Waals surface area contributed by atoms with Crippen molar-refractivity contribution in [1.29, 1.82) is 0 Å². The molecule has 0 radical (unpaired) electrons. The number of piperazine rings is 1. The molecule has 0 saturated carbocycles. The van der Waals surface area contributed by atoms with Crippen molar-refractivity contribution in [3.05, 3.63) is 29.6 Å². The topological polar surface area (TPSA) is 91.1 Å².